The number of carbonyl (C=O) groups excluding carboxylic acids is 1. The second kappa shape index (κ2) is 7.08. The van der Waals surface area contributed by atoms with E-state index in [1.54, 1.807) is 14.1 Å². The minimum Gasteiger partial charge on any atom is -0.345 e. The van der Waals surface area contributed by atoms with E-state index in [0.29, 0.717) is 0 Å². The first-order chi connectivity index (χ1) is 11.6. The molecule has 0 aliphatic rings. The number of hydrogen-bond acceptors (Lipinski definition) is 5. The van der Waals surface area contributed by atoms with Gasteiger partial charge in [0.15, 0.2) is 0 Å². The number of nitrogens with one attached hydrogen (secondary N) is 1. The predicted molar refractivity (Wildman–Crippen MR) is 93.4 cm³/mol. The lowest BCUT2D eigenvalue weighted by molar-refractivity contribution is -0.385. The summed E-state index contributed by atoms with van der Waals surface area (Å²) in [5.74, 6) is -0.321. The van der Waals surface area contributed by atoms with Crippen molar-refractivity contribution in [1.82, 2.24) is 4.90 Å². The Hall–Kier alpha value is -2.65. The van der Waals surface area contributed by atoms with E-state index in [0.717, 1.165) is 6.07 Å². The first-order valence-corrected chi connectivity index (χ1v) is 8.76. The van der Waals surface area contributed by atoms with Gasteiger partial charge < -0.3 is 4.90 Å². The molecule has 8 nitrogen and oxygen atoms in total. The molecule has 2 aromatic carbocycles. The molecule has 2 rings (SSSR count). The lowest BCUT2D eigenvalue weighted by Crippen LogP contribution is -2.22. The molecule has 0 spiro atoms. The number of nitro benzene ring substituents is 1. The zero-order valence-corrected chi connectivity index (χ0v) is 14.8. The van der Waals surface area contributed by atoms with Crippen LogP contribution in [-0.4, -0.2) is 38.2 Å². The van der Waals surface area contributed by atoms with E-state index in [1.807, 2.05) is 0 Å². The van der Waals surface area contributed by atoms with Crippen LogP contribution in [0.3, 0.4) is 0 Å². The molecule has 132 valence electrons. The third kappa shape index (κ3) is 4.25. The van der Waals surface area contributed by atoms with Crippen molar-refractivity contribution >= 4 is 38.9 Å². The van der Waals surface area contributed by atoms with Crippen molar-refractivity contribution in [3.05, 3.63) is 63.2 Å². The molecule has 0 saturated heterocycles. The lowest BCUT2D eigenvalue weighted by atomic mass is 10.2. The van der Waals surface area contributed by atoms with Crippen molar-refractivity contribution in [3.8, 4) is 0 Å². The van der Waals surface area contributed by atoms with Gasteiger partial charge in [-0.2, -0.15) is 0 Å². The topological polar surface area (TPSA) is 110 Å². The summed E-state index contributed by atoms with van der Waals surface area (Å²) < 4.78 is 27.0. The standard InChI is InChI=1S/C15H14ClN3O5S/c1-18(2)15(20)13-7-6-10(8-14(13)16)17-25(23,24)12-5-3-4-11(9-12)19(21)22/h3-9,17H,1-2H3. The minimum atomic E-state index is -4.04. The van der Waals surface area contributed by atoms with E-state index >= 15 is 0 Å². The number of hydrogen-bond donors (Lipinski definition) is 1. The first-order valence-electron chi connectivity index (χ1n) is 6.90. The molecule has 0 atom stereocenters. The van der Waals surface area contributed by atoms with Crippen molar-refractivity contribution in [3.63, 3.8) is 0 Å². The van der Waals surface area contributed by atoms with Crippen molar-refractivity contribution in [2.75, 3.05) is 18.8 Å². The quantitative estimate of drug-likeness (QED) is 0.630. The van der Waals surface area contributed by atoms with Gasteiger partial charge in [-0.1, -0.05) is 17.7 Å². The predicted octanol–water partition coefficient (Wildman–Crippen LogP) is 2.75. The molecule has 1 amide bonds. The fourth-order valence-electron chi connectivity index (χ4n) is 1.97. The molecule has 0 aromatic heterocycles. The van der Waals surface area contributed by atoms with Gasteiger partial charge in [0.2, 0.25) is 0 Å². The number of carbonyl (C=O) groups is 1. The van der Waals surface area contributed by atoms with Gasteiger partial charge in [0.25, 0.3) is 21.6 Å². The summed E-state index contributed by atoms with van der Waals surface area (Å²) in [6, 6.07) is 8.74. The average molecular weight is 384 g/mol. The summed E-state index contributed by atoms with van der Waals surface area (Å²) in [6.07, 6.45) is 0. The molecule has 0 unspecified atom stereocenters. The Morgan fingerprint density at radius 3 is 2.44 bits per heavy atom. The van der Waals surface area contributed by atoms with Crippen molar-refractivity contribution in [2.45, 2.75) is 4.90 Å². The Kier molecular flexibility index (Phi) is 5.29. The van der Waals surface area contributed by atoms with Crippen molar-refractivity contribution in [2.24, 2.45) is 0 Å². The summed E-state index contributed by atoms with van der Waals surface area (Å²) in [6.45, 7) is 0. The van der Waals surface area contributed by atoms with Gasteiger partial charge in [0.1, 0.15) is 0 Å². The van der Waals surface area contributed by atoms with Crippen LogP contribution in [0.4, 0.5) is 11.4 Å². The number of amides is 1. The smallest absolute Gasteiger partial charge is 0.270 e. The Bertz CT molecular complexity index is 944. The van der Waals surface area contributed by atoms with E-state index in [9.17, 15) is 23.3 Å². The molecule has 0 radical (unpaired) electrons. The third-order valence-corrected chi connectivity index (χ3v) is 4.89. The highest BCUT2D eigenvalue weighted by Crippen LogP contribution is 2.25. The summed E-state index contributed by atoms with van der Waals surface area (Å²) in [5, 5.41) is 10.9. The van der Waals surface area contributed by atoms with Gasteiger partial charge >= 0.3 is 0 Å². The van der Waals surface area contributed by atoms with Gasteiger partial charge in [0, 0.05) is 26.2 Å². The van der Waals surface area contributed by atoms with Gasteiger partial charge in [-0.25, -0.2) is 8.42 Å². The highest BCUT2D eigenvalue weighted by molar-refractivity contribution is 7.92. The molecule has 2 aromatic rings. The lowest BCUT2D eigenvalue weighted by Gasteiger charge is -2.13. The number of nitrogens with zero attached hydrogens (tertiary/aromatic N) is 2. The van der Waals surface area contributed by atoms with Crippen molar-refractivity contribution < 1.29 is 18.1 Å². The number of non-ortho nitro benzene ring substituents is 1. The Labute approximate surface area is 149 Å². The monoisotopic (exact) mass is 383 g/mol. The zero-order valence-electron chi connectivity index (χ0n) is 13.3. The SMILES string of the molecule is CN(C)C(=O)c1ccc(NS(=O)(=O)c2cccc([N+](=O)[O-])c2)cc1Cl. The first kappa shape index (κ1) is 18.7. The molecule has 10 heteroatoms. The molecule has 25 heavy (non-hydrogen) atoms. The van der Waals surface area contributed by atoms with Gasteiger partial charge in [-0.05, 0) is 24.3 Å². The Morgan fingerprint density at radius 1 is 1.20 bits per heavy atom. The molecule has 0 fully saturated rings. The fraction of sp³-hybridized carbons (Fsp3) is 0.133. The van der Waals surface area contributed by atoms with Crippen molar-refractivity contribution in [1.29, 1.82) is 0 Å². The number of sulfonamides is 1. The molecule has 0 aliphatic heterocycles. The van der Waals surface area contributed by atoms with E-state index < -0.39 is 14.9 Å². The largest absolute Gasteiger partial charge is 0.345 e. The minimum absolute atomic E-state index is 0.0814. The third-order valence-electron chi connectivity index (χ3n) is 3.20. The number of nitro groups is 1. The maximum Gasteiger partial charge on any atom is 0.270 e. The van der Waals surface area contributed by atoms with Crippen LogP contribution in [0.25, 0.3) is 0 Å². The summed E-state index contributed by atoms with van der Waals surface area (Å²) in [7, 11) is -0.910. The van der Waals surface area contributed by atoms with E-state index in [2.05, 4.69) is 4.72 Å². The van der Waals surface area contributed by atoms with E-state index in [4.69, 9.17) is 11.6 Å². The van der Waals surface area contributed by atoms with Crippen LogP contribution >= 0.6 is 11.6 Å². The molecule has 0 aliphatic carbocycles. The number of rotatable bonds is 5. The van der Waals surface area contributed by atoms with Crippen LogP contribution in [0, 0.1) is 10.1 Å². The maximum absolute atomic E-state index is 12.4. The fourth-order valence-corrected chi connectivity index (χ4v) is 3.32. The Balaban J connectivity index is 2.32. The second-order valence-corrected chi connectivity index (χ2v) is 7.34. The van der Waals surface area contributed by atoms with Crippen LogP contribution in [0.15, 0.2) is 47.4 Å². The highest BCUT2D eigenvalue weighted by Gasteiger charge is 2.19. The second-order valence-electron chi connectivity index (χ2n) is 5.25. The van der Waals surface area contributed by atoms with E-state index in [1.165, 1.54) is 41.3 Å². The number of halogens is 1. The van der Waals surface area contributed by atoms with Crippen LogP contribution < -0.4 is 4.72 Å². The molecule has 0 bridgehead atoms. The molecule has 0 heterocycles. The molecular formula is C15H14ClN3O5S. The van der Waals surface area contributed by atoms with Gasteiger partial charge in [0.05, 0.1) is 26.1 Å². The number of anilines is 1. The van der Waals surface area contributed by atoms with Crippen LogP contribution in [-0.2, 0) is 10.0 Å². The summed E-state index contributed by atoms with van der Waals surface area (Å²) in [5.41, 5.74) is 0.0182. The van der Waals surface area contributed by atoms with Gasteiger partial charge in [-0.15, -0.1) is 0 Å². The number of benzene rings is 2. The van der Waals surface area contributed by atoms with Crippen LogP contribution in [0.5, 0.6) is 0 Å². The molecule has 0 saturated carbocycles. The van der Waals surface area contributed by atoms with Crippen LogP contribution in [0.1, 0.15) is 10.4 Å². The molecular weight excluding hydrogens is 370 g/mol. The zero-order chi connectivity index (χ0) is 18.8. The maximum atomic E-state index is 12.4. The molecule has 1 N–H and O–H groups in total. The van der Waals surface area contributed by atoms with E-state index in [-0.39, 0.29) is 32.8 Å². The average Bonchev–Trinajstić information content (AvgIpc) is 2.54. The Morgan fingerprint density at radius 2 is 1.88 bits per heavy atom. The summed E-state index contributed by atoms with van der Waals surface area (Å²) >= 11 is 6.04. The van der Waals surface area contributed by atoms with Gasteiger partial charge in [-0.3, -0.25) is 19.6 Å². The highest BCUT2D eigenvalue weighted by atomic mass is 35.5. The van der Waals surface area contributed by atoms with Crippen LogP contribution in [0.2, 0.25) is 5.02 Å². The summed E-state index contributed by atoms with van der Waals surface area (Å²) in [4.78, 5) is 23.1. The normalized spacial score (nSPS) is 11.0.